The minimum Gasteiger partial charge on any atom is -0.467 e. The third-order valence-electron chi connectivity index (χ3n) is 5.25. The smallest absolute Gasteiger partial charge is 0.331 e. The molecule has 0 aromatic heterocycles. The van der Waals surface area contributed by atoms with Gasteiger partial charge >= 0.3 is 5.97 Å². The van der Waals surface area contributed by atoms with Gasteiger partial charge in [0, 0.05) is 24.7 Å². The van der Waals surface area contributed by atoms with Crippen molar-refractivity contribution in [3.63, 3.8) is 0 Å². The highest BCUT2D eigenvalue weighted by Gasteiger charge is 2.42. The SMILES string of the molecule is COC(=O)C1(NC(=O)c2ccc3c(c2)CCN3C(C)=O)CCCCC1. The monoisotopic (exact) mass is 344 g/mol. The number of nitrogens with one attached hydrogen (secondary N) is 1. The van der Waals surface area contributed by atoms with Crippen molar-refractivity contribution in [2.45, 2.75) is 51.0 Å². The van der Waals surface area contributed by atoms with Crippen LogP contribution >= 0.6 is 0 Å². The van der Waals surface area contributed by atoms with Crippen LogP contribution in [0.15, 0.2) is 18.2 Å². The summed E-state index contributed by atoms with van der Waals surface area (Å²) in [6.07, 6.45) is 4.80. The number of benzene rings is 1. The maximum Gasteiger partial charge on any atom is 0.331 e. The lowest BCUT2D eigenvalue weighted by Gasteiger charge is -2.35. The van der Waals surface area contributed by atoms with E-state index in [4.69, 9.17) is 4.74 Å². The van der Waals surface area contributed by atoms with E-state index in [1.54, 1.807) is 17.9 Å². The number of esters is 1. The van der Waals surface area contributed by atoms with E-state index in [0.717, 1.165) is 36.9 Å². The molecule has 25 heavy (non-hydrogen) atoms. The molecule has 0 saturated heterocycles. The Morgan fingerprint density at radius 1 is 1.16 bits per heavy atom. The van der Waals surface area contributed by atoms with E-state index in [9.17, 15) is 14.4 Å². The van der Waals surface area contributed by atoms with E-state index in [0.29, 0.717) is 24.9 Å². The van der Waals surface area contributed by atoms with Crippen LogP contribution in [0.4, 0.5) is 5.69 Å². The van der Waals surface area contributed by atoms with E-state index in [1.165, 1.54) is 7.11 Å². The first-order valence-corrected chi connectivity index (χ1v) is 8.79. The Labute approximate surface area is 147 Å². The second kappa shape index (κ2) is 6.86. The fourth-order valence-electron chi connectivity index (χ4n) is 3.89. The van der Waals surface area contributed by atoms with Crippen LogP contribution < -0.4 is 10.2 Å². The van der Waals surface area contributed by atoms with Gasteiger partial charge in [0.25, 0.3) is 5.91 Å². The Morgan fingerprint density at radius 3 is 2.52 bits per heavy atom. The number of carbonyl (C=O) groups is 3. The lowest BCUT2D eigenvalue weighted by atomic mass is 9.81. The number of hydrogen-bond donors (Lipinski definition) is 1. The largest absolute Gasteiger partial charge is 0.467 e. The summed E-state index contributed by atoms with van der Waals surface area (Å²) in [5, 5.41) is 2.93. The molecule has 2 amide bonds. The molecule has 0 atom stereocenters. The fraction of sp³-hybridized carbons (Fsp3) is 0.526. The van der Waals surface area contributed by atoms with Crippen molar-refractivity contribution in [1.29, 1.82) is 0 Å². The van der Waals surface area contributed by atoms with E-state index < -0.39 is 5.54 Å². The lowest BCUT2D eigenvalue weighted by molar-refractivity contribution is -0.149. The standard InChI is InChI=1S/C19H24N2O4/c1-13(22)21-11-8-14-12-15(6-7-16(14)21)17(23)20-19(18(24)25-2)9-4-3-5-10-19/h6-7,12H,3-5,8-11H2,1-2H3,(H,20,23). The highest BCUT2D eigenvalue weighted by molar-refractivity contribution is 6.00. The number of methoxy groups -OCH3 is 1. The Balaban J connectivity index is 1.81. The number of fused-ring (bicyclic) bond motifs is 1. The second-order valence-electron chi connectivity index (χ2n) is 6.85. The van der Waals surface area contributed by atoms with E-state index in [-0.39, 0.29) is 17.8 Å². The van der Waals surface area contributed by atoms with Crippen molar-refractivity contribution < 1.29 is 19.1 Å². The van der Waals surface area contributed by atoms with Crippen LogP contribution in [-0.2, 0) is 20.7 Å². The third kappa shape index (κ3) is 3.25. The first-order chi connectivity index (χ1) is 12.0. The van der Waals surface area contributed by atoms with Gasteiger partial charge in [-0.25, -0.2) is 4.79 Å². The first kappa shape index (κ1) is 17.5. The van der Waals surface area contributed by atoms with Gasteiger partial charge in [0.1, 0.15) is 5.54 Å². The van der Waals surface area contributed by atoms with Crippen LogP contribution in [0.1, 0.15) is 54.9 Å². The van der Waals surface area contributed by atoms with Gasteiger partial charge in [-0.2, -0.15) is 0 Å². The Morgan fingerprint density at radius 2 is 1.88 bits per heavy atom. The van der Waals surface area contributed by atoms with Gasteiger partial charge in [-0.1, -0.05) is 19.3 Å². The van der Waals surface area contributed by atoms with Crippen LogP contribution in [-0.4, -0.2) is 37.0 Å². The molecule has 1 N–H and O–H groups in total. The molecule has 1 aromatic carbocycles. The fourth-order valence-corrected chi connectivity index (χ4v) is 3.89. The van der Waals surface area contributed by atoms with Gasteiger partial charge in [-0.3, -0.25) is 9.59 Å². The summed E-state index contributed by atoms with van der Waals surface area (Å²) < 4.78 is 4.95. The molecule has 0 bridgehead atoms. The molecule has 0 spiro atoms. The van der Waals surface area contributed by atoms with E-state index in [2.05, 4.69) is 5.32 Å². The molecule has 0 radical (unpaired) electrons. The van der Waals surface area contributed by atoms with Crippen molar-refractivity contribution in [3.05, 3.63) is 29.3 Å². The summed E-state index contributed by atoms with van der Waals surface area (Å²) in [6.45, 7) is 2.18. The van der Waals surface area contributed by atoms with Gasteiger partial charge in [0.15, 0.2) is 0 Å². The number of carbonyl (C=O) groups excluding carboxylic acids is 3. The molecular weight excluding hydrogens is 320 g/mol. The summed E-state index contributed by atoms with van der Waals surface area (Å²) in [7, 11) is 1.36. The molecule has 0 unspecified atom stereocenters. The maximum absolute atomic E-state index is 12.8. The molecule has 1 aromatic rings. The first-order valence-electron chi connectivity index (χ1n) is 8.79. The summed E-state index contributed by atoms with van der Waals surface area (Å²) >= 11 is 0. The van der Waals surface area contributed by atoms with Crippen LogP contribution in [0.25, 0.3) is 0 Å². The molecule has 3 rings (SSSR count). The van der Waals surface area contributed by atoms with Crippen LogP contribution in [0, 0.1) is 0 Å². The second-order valence-corrected chi connectivity index (χ2v) is 6.85. The highest BCUT2D eigenvalue weighted by Crippen LogP contribution is 2.31. The number of ether oxygens (including phenoxy) is 1. The third-order valence-corrected chi connectivity index (χ3v) is 5.25. The zero-order valence-corrected chi connectivity index (χ0v) is 14.8. The maximum atomic E-state index is 12.8. The van der Waals surface area contributed by atoms with E-state index in [1.807, 2.05) is 12.1 Å². The Hall–Kier alpha value is -2.37. The van der Waals surface area contributed by atoms with Crippen molar-refractivity contribution >= 4 is 23.5 Å². The number of nitrogens with zero attached hydrogens (tertiary/aromatic N) is 1. The highest BCUT2D eigenvalue weighted by atomic mass is 16.5. The number of hydrogen-bond acceptors (Lipinski definition) is 4. The minimum absolute atomic E-state index is 0.00259. The average molecular weight is 344 g/mol. The van der Waals surface area contributed by atoms with Gasteiger partial charge in [-0.05, 0) is 43.0 Å². The van der Waals surface area contributed by atoms with Crippen molar-refractivity contribution in [1.82, 2.24) is 5.32 Å². The molecule has 1 aliphatic carbocycles. The predicted molar refractivity (Wildman–Crippen MR) is 93.5 cm³/mol. The van der Waals surface area contributed by atoms with Crippen molar-refractivity contribution in [3.8, 4) is 0 Å². The number of rotatable bonds is 3. The molecule has 6 nitrogen and oxygen atoms in total. The molecule has 1 aliphatic heterocycles. The predicted octanol–water partition coefficient (Wildman–Crippen LogP) is 2.20. The van der Waals surface area contributed by atoms with E-state index >= 15 is 0 Å². The zero-order chi connectivity index (χ0) is 18.0. The van der Waals surface area contributed by atoms with Gasteiger partial charge in [-0.15, -0.1) is 0 Å². The number of anilines is 1. The Kier molecular flexibility index (Phi) is 4.79. The summed E-state index contributed by atoms with van der Waals surface area (Å²) in [5.74, 6) is -0.636. The summed E-state index contributed by atoms with van der Waals surface area (Å²) in [5.41, 5.74) is 1.44. The van der Waals surface area contributed by atoms with Crippen LogP contribution in [0.3, 0.4) is 0 Å². The van der Waals surface area contributed by atoms with Crippen LogP contribution in [0.2, 0.25) is 0 Å². The van der Waals surface area contributed by atoms with Crippen molar-refractivity contribution in [2.24, 2.45) is 0 Å². The molecule has 6 heteroatoms. The summed E-state index contributed by atoms with van der Waals surface area (Å²) in [4.78, 5) is 38.4. The molecule has 134 valence electrons. The molecular formula is C19H24N2O4. The molecule has 1 fully saturated rings. The zero-order valence-electron chi connectivity index (χ0n) is 14.8. The topological polar surface area (TPSA) is 75.7 Å². The van der Waals surface area contributed by atoms with Gasteiger partial charge in [0.2, 0.25) is 5.91 Å². The lowest BCUT2D eigenvalue weighted by Crippen LogP contribution is -2.56. The molecule has 1 saturated carbocycles. The quantitative estimate of drug-likeness (QED) is 0.853. The average Bonchev–Trinajstić information content (AvgIpc) is 3.05. The van der Waals surface area contributed by atoms with Crippen molar-refractivity contribution in [2.75, 3.05) is 18.6 Å². The Bertz CT molecular complexity index is 707. The molecule has 1 heterocycles. The van der Waals surface area contributed by atoms with Gasteiger partial charge in [0.05, 0.1) is 7.11 Å². The summed E-state index contributed by atoms with van der Waals surface area (Å²) in [6, 6.07) is 5.34. The molecule has 2 aliphatic rings. The number of amides is 2. The van der Waals surface area contributed by atoms with Gasteiger partial charge < -0.3 is 15.0 Å². The minimum atomic E-state index is -0.922. The normalized spacial score (nSPS) is 18.4. The van der Waals surface area contributed by atoms with Crippen LogP contribution in [0.5, 0.6) is 0 Å².